The quantitative estimate of drug-likeness (QED) is 0.693. The van der Waals surface area contributed by atoms with Crippen molar-refractivity contribution >= 4 is 22.4 Å². The van der Waals surface area contributed by atoms with E-state index in [9.17, 15) is 0 Å². The Morgan fingerprint density at radius 2 is 2.00 bits per heavy atom. The summed E-state index contributed by atoms with van der Waals surface area (Å²) in [6, 6.07) is 9.74. The lowest BCUT2D eigenvalue weighted by atomic mass is 9.95. The van der Waals surface area contributed by atoms with Crippen molar-refractivity contribution in [1.82, 2.24) is 9.55 Å². The lowest BCUT2D eigenvalue weighted by molar-refractivity contribution is 0.359. The second-order valence-corrected chi connectivity index (χ2v) is 5.44. The van der Waals surface area contributed by atoms with Crippen LogP contribution in [-0.2, 0) is 0 Å². The molecule has 0 radical (unpaired) electrons. The normalized spacial score (nSPS) is 15.0. The van der Waals surface area contributed by atoms with Crippen molar-refractivity contribution in [3.8, 4) is 12.1 Å². The number of aromatic nitrogens is 2. The van der Waals surface area contributed by atoms with Crippen LogP contribution in [0.3, 0.4) is 0 Å². The molecular weight excluding hydrogens is 276 g/mol. The Morgan fingerprint density at radius 3 is 2.73 bits per heavy atom. The van der Waals surface area contributed by atoms with Gasteiger partial charge in [0.05, 0.1) is 23.0 Å². The number of benzene rings is 1. The highest BCUT2D eigenvalue weighted by Crippen LogP contribution is 2.31. The van der Waals surface area contributed by atoms with Crippen molar-refractivity contribution in [1.29, 1.82) is 10.5 Å². The highest BCUT2D eigenvalue weighted by molar-refractivity contribution is 6.10. The first-order chi connectivity index (χ1) is 10.8. The molecule has 0 aliphatic heterocycles. The van der Waals surface area contributed by atoms with E-state index >= 15 is 0 Å². The number of rotatable bonds is 3. The molecule has 0 saturated heterocycles. The van der Waals surface area contributed by atoms with Crippen LogP contribution in [0.25, 0.3) is 11.0 Å². The number of hydrogen-bond donors (Lipinski definition) is 1. The minimum atomic E-state index is -0.201. The minimum absolute atomic E-state index is 0.201. The maximum atomic E-state index is 8.66. The number of imidazole rings is 1. The smallest absolute Gasteiger partial charge is 0.237 e. The van der Waals surface area contributed by atoms with Crippen molar-refractivity contribution in [2.75, 3.05) is 5.43 Å². The molecular formula is C16H16N6. The van der Waals surface area contributed by atoms with Crippen LogP contribution < -0.4 is 5.43 Å². The molecule has 0 unspecified atom stereocenters. The Balaban J connectivity index is 1.85. The fourth-order valence-electron chi connectivity index (χ4n) is 2.95. The topological polar surface area (TPSA) is 89.8 Å². The van der Waals surface area contributed by atoms with Gasteiger partial charge in [-0.05, 0) is 31.0 Å². The fourth-order valence-corrected chi connectivity index (χ4v) is 2.95. The second-order valence-electron chi connectivity index (χ2n) is 5.44. The number of nitrogens with zero attached hydrogens (tertiary/aromatic N) is 5. The molecule has 1 N–H and O–H groups in total. The first-order valence-electron chi connectivity index (χ1n) is 7.42. The van der Waals surface area contributed by atoms with Gasteiger partial charge in [0.15, 0.2) is 0 Å². The molecule has 1 saturated carbocycles. The average Bonchev–Trinajstić information content (AvgIpc) is 3.00. The van der Waals surface area contributed by atoms with Crippen molar-refractivity contribution in [3.63, 3.8) is 0 Å². The Hall–Kier alpha value is -2.86. The molecule has 6 nitrogen and oxygen atoms in total. The molecule has 1 aliphatic rings. The van der Waals surface area contributed by atoms with Crippen LogP contribution >= 0.6 is 0 Å². The van der Waals surface area contributed by atoms with E-state index < -0.39 is 0 Å². The van der Waals surface area contributed by atoms with Gasteiger partial charge in [-0.15, -0.1) is 0 Å². The molecule has 6 heteroatoms. The van der Waals surface area contributed by atoms with E-state index in [4.69, 9.17) is 10.5 Å². The first kappa shape index (κ1) is 14.1. The van der Waals surface area contributed by atoms with Gasteiger partial charge in [-0.25, -0.2) is 4.98 Å². The molecule has 2 aromatic rings. The summed E-state index contributed by atoms with van der Waals surface area (Å²) in [5, 5.41) is 21.1. The molecule has 3 rings (SSSR count). The zero-order valence-electron chi connectivity index (χ0n) is 12.2. The van der Waals surface area contributed by atoms with Gasteiger partial charge in [-0.3, -0.25) is 5.43 Å². The molecule has 0 atom stereocenters. The Bertz CT molecular complexity index is 767. The number of hydrazone groups is 1. The summed E-state index contributed by atoms with van der Waals surface area (Å²) in [5.74, 6) is 0. The van der Waals surface area contributed by atoms with Crippen LogP contribution in [0.5, 0.6) is 0 Å². The van der Waals surface area contributed by atoms with Crippen LogP contribution in [-0.4, -0.2) is 15.3 Å². The molecule has 0 amide bonds. The number of anilines is 1. The van der Waals surface area contributed by atoms with E-state index in [1.54, 1.807) is 12.1 Å². The molecule has 1 aromatic carbocycles. The zero-order valence-corrected chi connectivity index (χ0v) is 12.2. The van der Waals surface area contributed by atoms with Crippen molar-refractivity contribution in [2.45, 2.75) is 38.1 Å². The second kappa shape index (κ2) is 6.28. The summed E-state index contributed by atoms with van der Waals surface area (Å²) in [6.07, 6.45) is 8.22. The van der Waals surface area contributed by atoms with Gasteiger partial charge in [-0.1, -0.05) is 19.3 Å². The Labute approximate surface area is 128 Å². The van der Waals surface area contributed by atoms with Crippen molar-refractivity contribution in [2.24, 2.45) is 5.10 Å². The third-order valence-corrected chi connectivity index (χ3v) is 4.05. The van der Waals surface area contributed by atoms with Crippen molar-refractivity contribution < 1.29 is 0 Å². The van der Waals surface area contributed by atoms with E-state index in [1.807, 2.05) is 24.5 Å². The predicted octanol–water partition coefficient (Wildman–Crippen LogP) is 3.36. The lowest BCUT2D eigenvalue weighted by Gasteiger charge is -2.23. The largest absolute Gasteiger partial charge is 0.327 e. The van der Waals surface area contributed by atoms with E-state index in [2.05, 4.69) is 20.1 Å². The molecule has 1 fully saturated rings. The van der Waals surface area contributed by atoms with Crippen LogP contribution in [0.2, 0.25) is 0 Å². The van der Waals surface area contributed by atoms with E-state index in [1.165, 1.54) is 32.1 Å². The molecule has 0 spiro atoms. The van der Waals surface area contributed by atoms with Gasteiger partial charge in [0.25, 0.3) is 0 Å². The first-order valence-corrected chi connectivity index (χ1v) is 7.42. The Morgan fingerprint density at radius 1 is 1.23 bits per heavy atom. The molecule has 1 heterocycles. The molecule has 110 valence electrons. The Kier molecular flexibility index (Phi) is 4.02. The summed E-state index contributed by atoms with van der Waals surface area (Å²) in [4.78, 5) is 4.47. The number of nitriles is 2. The van der Waals surface area contributed by atoms with Crippen LogP contribution in [0.15, 0.2) is 29.6 Å². The molecule has 0 bridgehead atoms. The summed E-state index contributed by atoms with van der Waals surface area (Å²) < 4.78 is 2.26. The predicted molar refractivity (Wildman–Crippen MR) is 84.1 cm³/mol. The monoisotopic (exact) mass is 292 g/mol. The average molecular weight is 292 g/mol. The van der Waals surface area contributed by atoms with Crippen molar-refractivity contribution in [3.05, 3.63) is 24.5 Å². The van der Waals surface area contributed by atoms with Gasteiger partial charge in [0.1, 0.15) is 12.1 Å². The van der Waals surface area contributed by atoms with E-state index in [0.717, 1.165) is 11.0 Å². The summed E-state index contributed by atoms with van der Waals surface area (Å²) in [6.45, 7) is 0. The molecule has 1 aromatic heterocycles. The van der Waals surface area contributed by atoms with Gasteiger partial charge >= 0.3 is 0 Å². The standard InChI is InChI=1S/C16H16N6/c17-9-13(10-18)21-20-12-6-7-16-15(8-12)19-11-22(16)14-4-2-1-3-5-14/h6-8,11,14,20H,1-5H2. The van der Waals surface area contributed by atoms with Gasteiger partial charge in [0.2, 0.25) is 5.71 Å². The summed E-state index contributed by atoms with van der Waals surface area (Å²) in [5.41, 5.74) is 5.24. The fraction of sp³-hybridized carbons (Fsp3) is 0.375. The van der Waals surface area contributed by atoms with E-state index in [-0.39, 0.29) is 5.71 Å². The van der Waals surface area contributed by atoms with Gasteiger partial charge < -0.3 is 4.57 Å². The maximum Gasteiger partial charge on any atom is 0.237 e. The molecule has 22 heavy (non-hydrogen) atoms. The zero-order chi connectivity index (χ0) is 15.4. The number of nitrogens with one attached hydrogen (secondary N) is 1. The van der Waals surface area contributed by atoms with E-state index in [0.29, 0.717) is 11.7 Å². The highest BCUT2D eigenvalue weighted by atomic mass is 15.3. The SMILES string of the molecule is N#CC(C#N)=NNc1ccc2c(c1)ncn2C1CCCCC1. The van der Waals surface area contributed by atoms with Gasteiger partial charge in [0, 0.05) is 6.04 Å². The third-order valence-electron chi connectivity index (χ3n) is 4.05. The summed E-state index contributed by atoms with van der Waals surface area (Å²) in [7, 11) is 0. The summed E-state index contributed by atoms with van der Waals surface area (Å²) >= 11 is 0. The number of fused-ring (bicyclic) bond motifs is 1. The highest BCUT2D eigenvalue weighted by Gasteiger charge is 2.17. The maximum absolute atomic E-state index is 8.66. The lowest BCUT2D eigenvalue weighted by Crippen LogP contribution is -2.11. The molecule has 1 aliphatic carbocycles. The van der Waals surface area contributed by atoms with Crippen LogP contribution in [0.1, 0.15) is 38.1 Å². The van der Waals surface area contributed by atoms with Crippen LogP contribution in [0.4, 0.5) is 5.69 Å². The third kappa shape index (κ3) is 2.77. The minimum Gasteiger partial charge on any atom is -0.327 e. The number of hydrogen-bond acceptors (Lipinski definition) is 5. The van der Waals surface area contributed by atoms with Gasteiger partial charge in [-0.2, -0.15) is 15.6 Å². The van der Waals surface area contributed by atoms with Crippen LogP contribution in [0, 0.1) is 22.7 Å².